The number of benzene rings is 1. The number of nitrogens with one attached hydrogen (secondary N) is 1. The second-order valence-corrected chi connectivity index (χ2v) is 6.89. The standard InChI is InChI=1S/C19H31NO/c1-15(2)14-21-19-10-8-18(9-11-19)16(3)20-13-12-17-6-4-5-7-17/h8-11,15-17,20H,4-7,12-14H2,1-3H3. The van der Waals surface area contributed by atoms with E-state index in [1.807, 2.05) is 0 Å². The quantitative estimate of drug-likeness (QED) is 0.731. The molecule has 0 spiro atoms. The van der Waals surface area contributed by atoms with Crippen LogP contribution in [-0.4, -0.2) is 13.2 Å². The van der Waals surface area contributed by atoms with Crippen LogP contribution in [0.4, 0.5) is 0 Å². The smallest absolute Gasteiger partial charge is 0.119 e. The minimum Gasteiger partial charge on any atom is -0.493 e. The average molecular weight is 289 g/mol. The molecule has 0 bridgehead atoms. The van der Waals surface area contributed by atoms with E-state index in [0.717, 1.165) is 24.8 Å². The number of hydrogen-bond acceptors (Lipinski definition) is 2. The second kappa shape index (κ2) is 8.43. The third kappa shape index (κ3) is 5.70. The first-order valence-corrected chi connectivity index (χ1v) is 8.61. The van der Waals surface area contributed by atoms with Crippen LogP contribution in [0.1, 0.15) is 64.5 Å². The third-order valence-corrected chi connectivity index (χ3v) is 4.44. The number of hydrogen-bond donors (Lipinski definition) is 1. The Morgan fingerprint density at radius 1 is 1.10 bits per heavy atom. The maximum absolute atomic E-state index is 5.73. The molecule has 1 aliphatic rings. The van der Waals surface area contributed by atoms with E-state index in [4.69, 9.17) is 4.74 Å². The van der Waals surface area contributed by atoms with E-state index in [1.54, 1.807) is 0 Å². The summed E-state index contributed by atoms with van der Waals surface area (Å²) in [6.07, 6.45) is 7.10. The summed E-state index contributed by atoms with van der Waals surface area (Å²) in [6, 6.07) is 8.97. The van der Waals surface area contributed by atoms with Gasteiger partial charge in [0.1, 0.15) is 5.75 Å². The highest BCUT2D eigenvalue weighted by Gasteiger charge is 2.14. The van der Waals surface area contributed by atoms with Crippen molar-refractivity contribution < 1.29 is 4.74 Å². The molecule has 0 aliphatic heterocycles. The lowest BCUT2D eigenvalue weighted by atomic mass is 10.0. The molecule has 1 aromatic rings. The van der Waals surface area contributed by atoms with Crippen molar-refractivity contribution in [3.63, 3.8) is 0 Å². The first-order chi connectivity index (χ1) is 10.1. The Morgan fingerprint density at radius 3 is 2.38 bits per heavy atom. The van der Waals surface area contributed by atoms with E-state index in [0.29, 0.717) is 12.0 Å². The molecule has 0 amide bonds. The number of ether oxygens (including phenoxy) is 1. The molecule has 1 saturated carbocycles. The predicted molar refractivity (Wildman–Crippen MR) is 89.8 cm³/mol. The Labute approximate surface area is 130 Å². The molecule has 1 unspecified atom stereocenters. The van der Waals surface area contributed by atoms with Gasteiger partial charge in [-0.2, -0.15) is 0 Å². The maximum Gasteiger partial charge on any atom is 0.119 e. The van der Waals surface area contributed by atoms with Crippen molar-refractivity contribution in [1.82, 2.24) is 5.32 Å². The predicted octanol–water partition coefficient (Wildman–Crippen LogP) is 4.95. The van der Waals surface area contributed by atoms with Crippen LogP contribution < -0.4 is 10.1 Å². The van der Waals surface area contributed by atoms with Crippen molar-refractivity contribution in [2.24, 2.45) is 11.8 Å². The zero-order valence-electron chi connectivity index (χ0n) is 13.9. The summed E-state index contributed by atoms with van der Waals surface area (Å²) in [7, 11) is 0. The molecule has 0 radical (unpaired) electrons. The van der Waals surface area contributed by atoms with Crippen LogP contribution in [0.15, 0.2) is 24.3 Å². The Bertz CT molecular complexity index is 393. The SMILES string of the molecule is CC(C)COc1ccc(C(C)NCCC2CCCC2)cc1. The lowest BCUT2D eigenvalue weighted by molar-refractivity contribution is 0.271. The lowest BCUT2D eigenvalue weighted by Crippen LogP contribution is -2.21. The first-order valence-electron chi connectivity index (χ1n) is 8.61. The Balaban J connectivity index is 1.72. The van der Waals surface area contributed by atoms with Gasteiger partial charge in [0.2, 0.25) is 0 Å². The highest BCUT2D eigenvalue weighted by atomic mass is 16.5. The van der Waals surface area contributed by atoms with Crippen LogP contribution in [0.2, 0.25) is 0 Å². The van der Waals surface area contributed by atoms with E-state index in [-0.39, 0.29) is 0 Å². The molecule has 1 aliphatic carbocycles. The Kier molecular flexibility index (Phi) is 6.56. The topological polar surface area (TPSA) is 21.3 Å². The molecule has 1 atom stereocenters. The summed E-state index contributed by atoms with van der Waals surface area (Å²) in [5.74, 6) is 2.52. The van der Waals surface area contributed by atoms with Gasteiger partial charge < -0.3 is 10.1 Å². The van der Waals surface area contributed by atoms with Gasteiger partial charge >= 0.3 is 0 Å². The maximum atomic E-state index is 5.73. The fraction of sp³-hybridized carbons (Fsp3) is 0.684. The summed E-state index contributed by atoms with van der Waals surface area (Å²) in [5.41, 5.74) is 1.35. The fourth-order valence-corrected chi connectivity index (χ4v) is 3.04. The zero-order chi connectivity index (χ0) is 15.1. The van der Waals surface area contributed by atoms with Crippen LogP contribution in [0, 0.1) is 11.8 Å². The highest BCUT2D eigenvalue weighted by molar-refractivity contribution is 5.28. The molecule has 118 valence electrons. The highest BCUT2D eigenvalue weighted by Crippen LogP contribution is 2.27. The summed E-state index contributed by atoms with van der Waals surface area (Å²) >= 11 is 0. The monoisotopic (exact) mass is 289 g/mol. The van der Waals surface area contributed by atoms with Gasteiger partial charge in [-0.3, -0.25) is 0 Å². The molecule has 21 heavy (non-hydrogen) atoms. The van der Waals surface area contributed by atoms with Gasteiger partial charge in [-0.15, -0.1) is 0 Å². The van der Waals surface area contributed by atoms with E-state index in [2.05, 4.69) is 50.4 Å². The first kappa shape index (κ1) is 16.4. The summed E-state index contributed by atoms with van der Waals surface area (Å²) < 4.78 is 5.73. The Hall–Kier alpha value is -1.02. The summed E-state index contributed by atoms with van der Waals surface area (Å²) in [5, 5.41) is 3.65. The zero-order valence-corrected chi connectivity index (χ0v) is 13.9. The van der Waals surface area contributed by atoms with E-state index in [9.17, 15) is 0 Å². The van der Waals surface area contributed by atoms with Gasteiger partial charge in [-0.25, -0.2) is 0 Å². The average Bonchev–Trinajstić information content (AvgIpc) is 2.99. The molecule has 1 fully saturated rings. The van der Waals surface area contributed by atoms with Crippen molar-refractivity contribution in [3.8, 4) is 5.75 Å². The van der Waals surface area contributed by atoms with E-state index >= 15 is 0 Å². The largest absolute Gasteiger partial charge is 0.493 e. The molecule has 2 nitrogen and oxygen atoms in total. The molecule has 1 aromatic carbocycles. The molecule has 2 rings (SSSR count). The lowest BCUT2D eigenvalue weighted by Gasteiger charge is -2.17. The molecule has 1 N–H and O–H groups in total. The molecular weight excluding hydrogens is 258 g/mol. The summed E-state index contributed by atoms with van der Waals surface area (Å²) in [4.78, 5) is 0. The van der Waals surface area contributed by atoms with Gasteiger partial charge in [-0.05, 0) is 49.4 Å². The normalized spacial score (nSPS) is 17.3. The molecule has 2 heteroatoms. The van der Waals surface area contributed by atoms with Gasteiger partial charge in [0.25, 0.3) is 0 Å². The van der Waals surface area contributed by atoms with E-state index < -0.39 is 0 Å². The van der Waals surface area contributed by atoms with Crippen LogP contribution in [0.25, 0.3) is 0 Å². The minimum atomic E-state index is 0.422. The van der Waals surface area contributed by atoms with Gasteiger partial charge in [0.15, 0.2) is 0 Å². The molecule has 0 aromatic heterocycles. The van der Waals surface area contributed by atoms with Crippen LogP contribution in [0.3, 0.4) is 0 Å². The van der Waals surface area contributed by atoms with Gasteiger partial charge in [0, 0.05) is 6.04 Å². The second-order valence-electron chi connectivity index (χ2n) is 6.89. The van der Waals surface area contributed by atoms with Crippen LogP contribution in [0.5, 0.6) is 5.75 Å². The fourth-order valence-electron chi connectivity index (χ4n) is 3.04. The van der Waals surface area contributed by atoms with Crippen molar-refractivity contribution in [2.45, 2.75) is 58.9 Å². The van der Waals surface area contributed by atoms with Crippen LogP contribution >= 0.6 is 0 Å². The van der Waals surface area contributed by atoms with Crippen molar-refractivity contribution in [3.05, 3.63) is 29.8 Å². The third-order valence-electron chi connectivity index (χ3n) is 4.44. The minimum absolute atomic E-state index is 0.422. The molecule has 0 saturated heterocycles. The Morgan fingerprint density at radius 2 is 1.76 bits per heavy atom. The van der Waals surface area contributed by atoms with Crippen molar-refractivity contribution in [2.75, 3.05) is 13.2 Å². The molecule has 0 heterocycles. The summed E-state index contributed by atoms with van der Waals surface area (Å²) in [6.45, 7) is 8.51. The van der Waals surface area contributed by atoms with Crippen molar-refractivity contribution in [1.29, 1.82) is 0 Å². The van der Waals surface area contributed by atoms with E-state index in [1.165, 1.54) is 37.7 Å². The van der Waals surface area contributed by atoms with Gasteiger partial charge in [0.05, 0.1) is 6.61 Å². The molecular formula is C19H31NO. The van der Waals surface area contributed by atoms with Crippen molar-refractivity contribution >= 4 is 0 Å². The van der Waals surface area contributed by atoms with Crippen LogP contribution in [-0.2, 0) is 0 Å². The number of rotatable bonds is 8. The van der Waals surface area contributed by atoms with Gasteiger partial charge in [-0.1, -0.05) is 51.7 Å².